The van der Waals surface area contributed by atoms with Crippen LogP contribution in [0.2, 0.25) is 0 Å². The number of carbonyl (C=O) groups excluding carboxylic acids is 1. The molecule has 0 fully saturated rings. The third-order valence-corrected chi connectivity index (χ3v) is 4.16. The van der Waals surface area contributed by atoms with Gasteiger partial charge in [0.05, 0.1) is 18.0 Å². The number of carboxylic acid groups (broad SMARTS) is 1. The largest absolute Gasteiger partial charge is 0.481 e. The first-order chi connectivity index (χ1) is 9.38. The Hall–Kier alpha value is -1.89. The lowest BCUT2D eigenvalue weighted by Crippen LogP contribution is -2.40. The van der Waals surface area contributed by atoms with Gasteiger partial charge in [-0.05, 0) is 20.8 Å². The van der Waals surface area contributed by atoms with Crippen molar-refractivity contribution in [3.8, 4) is 0 Å². The monoisotopic (exact) mass is 295 g/mol. The predicted octanol–water partition coefficient (Wildman–Crippen LogP) is 1.47. The fourth-order valence-electron chi connectivity index (χ4n) is 1.88. The smallest absolute Gasteiger partial charge is 0.308 e. The minimum Gasteiger partial charge on any atom is -0.481 e. The number of rotatable bonds is 5. The van der Waals surface area contributed by atoms with E-state index < -0.39 is 17.9 Å². The van der Waals surface area contributed by atoms with E-state index in [9.17, 15) is 9.59 Å². The molecule has 0 saturated carbocycles. The van der Waals surface area contributed by atoms with Crippen molar-refractivity contribution in [3.63, 3.8) is 0 Å². The maximum Gasteiger partial charge on any atom is 0.308 e. The van der Waals surface area contributed by atoms with Gasteiger partial charge in [0, 0.05) is 23.3 Å². The van der Waals surface area contributed by atoms with E-state index in [1.54, 1.807) is 13.8 Å². The Bertz CT molecular complexity index is 646. The Morgan fingerprint density at radius 3 is 2.85 bits per heavy atom. The van der Waals surface area contributed by atoms with Crippen molar-refractivity contribution in [2.45, 2.75) is 33.2 Å². The number of nitrogens with zero attached hydrogens (tertiary/aromatic N) is 2. The van der Waals surface area contributed by atoms with Gasteiger partial charge in [0.2, 0.25) is 5.91 Å². The van der Waals surface area contributed by atoms with Crippen LogP contribution in [0.25, 0.3) is 4.96 Å². The third kappa shape index (κ3) is 2.98. The number of fused-ring (bicyclic) bond motifs is 1. The van der Waals surface area contributed by atoms with Gasteiger partial charge in [-0.25, -0.2) is 4.98 Å². The van der Waals surface area contributed by atoms with Crippen molar-refractivity contribution in [2.24, 2.45) is 5.92 Å². The number of hydrogen-bond acceptors (Lipinski definition) is 4. The van der Waals surface area contributed by atoms with Crippen molar-refractivity contribution >= 4 is 28.2 Å². The van der Waals surface area contributed by atoms with Gasteiger partial charge in [0.1, 0.15) is 0 Å². The zero-order valence-electron chi connectivity index (χ0n) is 11.6. The Balaban J connectivity index is 2.02. The molecule has 2 N–H and O–H groups in total. The van der Waals surface area contributed by atoms with E-state index in [-0.39, 0.29) is 12.3 Å². The number of hydrogen-bond donors (Lipinski definition) is 2. The Labute approximate surface area is 120 Å². The van der Waals surface area contributed by atoms with Crippen LogP contribution in [0.15, 0.2) is 11.6 Å². The summed E-state index contributed by atoms with van der Waals surface area (Å²) in [6.45, 7) is 5.18. The minimum atomic E-state index is -0.916. The molecule has 2 unspecified atom stereocenters. The first kappa shape index (κ1) is 14.5. The van der Waals surface area contributed by atoms with Crippen molar-refractivity contribution in [3.05, 3.63) is 23.0 Å². The Morgan fingerprint density at radius 2 is 2.20 bits per heavy atom. The number of carbonyl (C=O) groups is 2. The van der Waals surface area contributed by atoms with E-state index in [1.165, 1.54) is 11.3 Å². The van der Waals surface area contributed by atoms with Gasteiger partial charge in [0.15, 0.2) is 4.96 Å². The molecule has 0 spiro atoms. The topological polar surface area (TPSA) is 83.7 Å². The average Bonchev–Trinajstić information content (AvgIpc) is 2.88. The molecule has 0 bridgehead atoms. The molecule has 2 atom stereocenters. The molecule has 2 aromatic rings. The normalized spacial score (nSPS) is 14.2. The van der Waals surface area contributed by atoms with E-state index in [1.807, 2.05) is 22.9 Å². The molecule has 20 heavy (non-hydrogen) atoms. The second-order valence-corrected chi connectivity index (χ2v) is 5.76. The lowest BCUT2D eigenvalue weighted by atomic mass is 10.0. The highest BCUT2D eigenvalue weighted by Gasteiger charge is 2.21. The van der Waals surface area contributed by atoms with Crippen LogP contribution in [0.5, 0.6) is 0 Å². The van der Waals surface area contributed by atoms with Gasteiger partial charge in [-0.3, -0.25) is 14.0 Å². The van der Waals surface area contributed by atoms with Crippen LogP contribution in [0, 0.1) is 12.8 Å². The molecule has 0 aromatic carbocycles. The zero-order valence-corrected chi connectivity index (χ0v) is 12.4. The van der Waals surface area contributed by atoms with Gasteiger partial charge in [-0.15, -0.1) is 11.3 Å². The highest BCUT2D eigenvalue weighted by Crippen LogP contribution is 2.17. The average molecular weight is 295 g/mol. The van der Waals surface area contributed by atoms with Crippen molar-refractivity contribution in [2.75, 3.05) is 0 Å². The number of aromatic nitrogens is 2. The summed E-state index contributed by atoms with van der Waals surface area (Å²) >= 11 is 1.48. The second-order valence-electron chi connectivity index (χ2n) is 4.92. The first-order valence-corrected chi connectivity index (χ1v) is 7.20. The maximum atomic E-state index is 12.0. The number of aryl methyl sites for hydroxylation is 1. The van der Waals surface area contributed by atoms with Crippen LogP contribution >= 0.6 is 11.3 Å². The molecule has 0 aliphatic heterocycles. The molecule has 6 nitrogen and oxygen atoms in total. The molecular weight excluding hydrogens is 278 g/mol. The van der Waals surface area contributed by atoms with Gasteiger partial charge < -0.3 is 10.4 Å². The molecule has 1 amide bonds. The highest BCUT2D eigenvalue weighted by atomic mass is 32.1. The molecule has 0 aliphatic carbocycles. The second kappa shape index (κ2) is 5.62. The number of aliphatic carboxylic acids is 1. The van der Waals surface area contributed by atoms with E-state index in [4.69, 9.17) is 5.11 Å². The molecule has 7 heteroatoms. The Kier molecular flexibility index (Phi) is 4.08. The van der Waals surface area contributed by atoms with E-state index in [2.05, 4.69) is 10.3 Å². The Morgan fingerprint density at radius 1 is 1.50 bits per heavy atom. The standard InChI is InChI=1S/C13H17N3O3S/c1-7-5-16-10(6-20-13(16)14-7)4-11(17)15-9(3)8(2)12(18)19/h5-6,8-9H,4H2,1-3H3,(H,15,17)(H,18,19). The van der Waals surface area contributed by atoms with Gasteiger partial charge in [-0.2, -0.15) is 0 Å². The van der Waals surface area contributed by atoms with Gasteiger partial charge >= 0.3 is 5.97 Å². The van der Waals surface area contributed by atoms with Crippen LogP contribution < -0.4 is 5.32 Å². The molecular formula is C13H17N3O3S. The van der Waals surface area contributed by atoms with Crippen molar-refractivity contribution < 1.29 is 14.7 Å². The third-order valence-electron chi connectivity index (χ3n) is 3.27. The summed E-state index contributed by atoms with van der Waals surface area (Å²) in [5.74, 6) is -1.71. The number of thiazole rings is 1. The quantitative estimate of drug-likeness (QED) is 0.875. The molecule has 2 rings (SSSR count). The lowest BCUT2D eigenvalue weighted by molar-refractivity contribution is -0.142. The summed E-state index contributed by atoms with van der Waals surface area (Å²) in [7, 11) is 0. The maximum absolute atomic E-state index is 12.0. The van der Waals surface area contributed by atoms with Crippen molar-refractivity contribution in [1.29, 1.82) is 0 Å². The molecule has 2 heterocycles. The number of carboxylic acids is 1. The van der Waals surface area contributed by atoms with E-state index in [0.29, 0.717) is 0 Å². The van der Waals surface area contributed by atoms with E-state index >= 15 is 0 Å². The number of nitrogens with one attached hydrogen (secondary N) is 1. The SMILES string of the molecule is Cc1cn2c(CC(=O)NC(C)C(C)C(=O)O)csc2n1. The highest BCUT2D eigenvalue weighted by molar-refractivity contribution is 7.15. The minimum absolute atomic E-state index is 0.184. The van der Waals surface area contributed by atoms with Crippen LogP contribution in [0.4, 0.5) is 0 Å². The van der Waals surface area contributed by atoms with Crippen LogP contribution in [-0.4, -0.2) is 32.4 Å². The first-order valence-electron chi connectivity index (χ1n) is 6.32. The molecule has 108 valence electrons. The fraction of sp³-hybridized carbons (Fsp3) is 0.462. The van der Waals surface area contributed by atoms with Crippen molar-refractivity contribution in [1.82, 2.24) is 14.7 Å². The zero-order chi connectivity index (χ0) is 14.9. The lowest BCUT2D eigenvalue weighted by Gasteiger charge is -2.17. The molecule has 0 aliphatic rings. The van der Waals surface area contributed by atoms with Crippen LogP contribution in [-0.2, 0) is 16.0 Å². The van der Waals surface area contributed by atoms with Crippen LogP contribution in [0.3, 0.4) is 0 Å². The molecule has 0 saturated heterocycles. The summed E-state index contributed by atoms with van der Waals surface area (Å²) in [6, 6.07) is -0.404. The van der Waals surface area contributed by atoms with Crippen LogP contribution in [0.1, 0.15) is 25.2 Å². The van der Waals surface area contributed by atoms with E-state index in [0.717, 1.165) is 16.3 Å². The summed E-state index contributed by atoms with van der Waals surface area (Å²) in [6.07, 6.45) is 2.10. The number of imidazole rings is 1. The van der Waals surface area contributed by atoms with Gasteiger partial charge in [0.25, 0.3) is 0 Å². The summed E-state index contributed by atoms with van der Waals surface area (Å²) in [4.78, 5) is 28.0. The predicted molar refractivity (Wildman–Crippen MR) is 75.9 cm³/mol. The molecule has 2 aromatic heterocycles. The fourth-order valence-corrected chi connectivity index (χ4v) is 2.80. The molecule has 0 radical (unpaired) electrons. The summed E-state index contributed by atoms with van der Waals surface area (Å²) in [5.41, 5.74) is 1.77. The summed E-state index contributed by atoms with van der Waals surface area (Å²) < 4.78 is 1.89. The summed E-state index contributed by atoms with van der Waals surface area (Å²) in [5, 5.41) is 13.5. The van der Waals surface area contributed by atoms with Gasteiger partial charge in [-0.1, -0.05) is 0 Å². The number of amides is 1.